The van der Waals surface area contributed by atoms with Gasteiger partial charge in [0.2, 0.25) is 5.91 Å². The Morgan fingerprint density at radius 2 is 1.62 bits per heavy atom. The summed E-state index contributed by atoms with van der Waals surface area (Å²) in [5, 5.41) is 18.5. The van der Waals surface area contributed by atoms with Crippen molar-refractivity contribution in [1.29, 1.82) is 0 Å². The number of halogens is 1. The number of ketones is 1. The molecule has 13 heteroatoms. The summed E-state index contributed by atoms with van der Waals surface area (Å²) in [7, 11) is 0. The zero-order valence-corrected chi connectivity index (χ0v) is 35.0. The zero-order chi connectivity index (χ0) is 41.7. The monoisotopic (exact) mass is 839 g/mol. The van der Waals surface area contributed by atoms with Crippen LogP contribution in [0.2, 0.25) is 0 Å². The van der Waals surface area contributed by atoms with Crippen LogP contribution in [0.1, 0.15) is 84.8 Å². The van der Waals surface area contributed by atoms with E-state index >= 15 is 4.39 Å². The fraction of sp³-hybridized carbons (Fsp3) is 0.489. The molecular weight excluding hydrogens is 786 g/mol. The SMILES string of the molecule is C[C@]1(CC(=O)Cc2nccs2)NCCc2cc(OCCOCCOCCNC(=O)CC34CC5CC(CC(C5)C3)C4)c(Oc3ccc(-c4ccc(C(=O)O)cc4)c(F)c3)cc21. The maximum atomic E-state index is 15.6. The number of carbonyl (C=O) groups is 3. The van der Waals surface area contributed by atoms with Crippen molar-refractivity contribution >= 4 is 29.0 Å². The van der Waals surface area contributed by atoms with Crippen LogP contribution in [0.25, 0.3) is 11.1 Å². The van der Waals surface area contributed by atoms with Crippen LogP contribution in [0, 0.1) is 29.0 Å². The van der Waals surface area contributed by atoms with Crippen molar-refractivity contribution in [3.63, 3.8) is 0 Å². The van der Waals surface area contributed by atoms with Gasteiger partial charge in [-0.2, -0.15) is 0 Å². The Hall–Kier alpha value is -4.69. The smallest absolute Gasteiger partial charge is 0.335 e. The fourth-order valence-corrected chi connectivity index (χ4v) is 11.3. The van der Waals surface area contributed by atoms with Crippen molar-refractivity contribution in [2.45, 2.75) is 76.7 Å². The third-order valence-electron chi connectivity index (χ3n) is 12.8. The fourth-order valence-electron chi connectivity index (χ4n) is 10.6. The molecule has 5 aliphatic rings. The topological polar surface area (TPSA) is 145 Å². The first kappa shape index (κ1) is 42.0. The molecule has 0 saturated heterocycles. The third-order valence-corrected chi connectivity index (χ3v) is 13.6. The Balaban J connectivity index is 0.858. The molecule has 1 aliphatic heterocycles. The standard InChI is InChI=1S/C47H54FN3O8S/c1-46(28-36(52)22-44-50-11-17-60-44)39-24-42(59-37-6-7-38(40(48)23-37)33-2-4-34(5-3-33)45(54)55)41(21-35(39)8-9-51-46)58-16-15-57-14-13-56-12-10-49-43(53)29-47-25-30-18-31(26-47)20-32(19-30)27-47/h2-7,11,17,21,23-24,30-32,51H,8-10,12-16,18-20,22,25-29H2,1H3,(H,49,53)(H,54,55)/t30?,31?,32?,46-,47?/m1/s1. The molecule has 3 aromatic carbocycles. The molecule has 3 N–H and O–H groups in total. The van der Waals surface area contributed by atoms with Crippen LogP contribution in [-0.4, -0.2) is 73.9 Å². The minimum atomic E-state index is -1.06. The second-order valence-electron chi connectivity index (χ2n) is 17.4. The minimum Gasteiger partial charge on any atom is -0.487 e. The summed E-state index contributed by atoms with van der Waals surface area (Å²) in [6.45, 7) is 4.84. The number of hydrogen-bond donors (Lipinski definition) is 3. The third kappa shape index (κ3) is 10.1. The summed E-state index contributed by atoms with van der Waals surface area (Å²) in [4.78, 5) is 41.7. The van der Waals surface area contributed by atoms with Crippen LogP contribution in [0.15, 0.2) is 66.2 Å². The van der Waals surface area contributed by atoms with Gasteiger partial charge >= 0.3 is 5.97 Å². The number of thiazole rings is 1. The number of ether oxygens (including phenoxy) is 4. The molecule has 1 atom stereocenters. The summed E-state index contributed by atoms with van der Waals surface area (Å²) in [5.74, 6) is 2.18. The van der Waals surface area contributed by atoms with E-state index in [2.05, 4.69) is 15.6 Å². The van der Waals surface area contributed by atoms with Gasteiger partial charge < -0.3 is 34.7 Å². The maximum absolute atomic E-state index is 15.6. The van der Waals surface area contributed by atoms with Gasteiger partial charge in [0.1, 0.15) is 24.0 Å². The van der Waals surface area contributed by atoms with Gasteiger partial charge in [0.25, 0.3) is 0 Å². The lowest BCUT2D eigenvalue weighted by molar-refractivity contribution is -0.129. The number of carboxylic acids is 1. The lowest BCUT2D eigenvalue weighted by Gasteiger charge is -2.56. The lowest BCUT2D eigenvalue weighted by atomic mass is 9.49. The molecule has 4 bridgehead atoms. The van der Waals surface area contributed by atoms with Crippen molar-refractivity contribution in [2.24, 2.45) is 23.2 Å². The number of fused-ring (bicyclic) bond motifs is 1. The molecule has 318 valence electrons. The normalized spacial score (nSPS) is 23.9. The molecular formula is C47H54FN3O8S. The van der Waals surface area contributed by atoms with E-state index in [9.17, 15) is 19.5 Å². The van der Waals surface area contributed by atoms with Crippen molar-refractivity contribution in [3.05, 3.63) is 93.7 Å². The van der Waals surface area contributed by atoms with Gasteiger partial charge in [-0.3, -0.25) is 9.59 Å². The molecule has 1 amide bonds. The van der Waals surface area contributed by atoms with Crippen LogP contribution in [-0.2, 0) is 37.4 Å². The maximum Gasteiger partial charge on any atom is 0.335 e. The first-order valence-electron chi connectivity index (χ1n) is 21.2. The van der Waals surface area contributed by atoms with Gasteiger partial charge in [-0.15, -0.1) is 11.3 Å². The van der Waals surface area contributed by atoms with Crippen molar-refractivity contribution in [1.82, 2.24) is 15.6 Å². The average Bonchev–Trinajstić information content (AvgIpc) is 3.71. The summed E-state index contributed by atoms with van der Waals surface area (Å²) in [6, 6.07) is 14.4. The molecule has 1 aromatic heterocycles. The highest BCUT2D eigenvalue weighted by Crippen LogP contribution is 2.61. The summed E-state index contributed by atoms with van der Waals surface area (Å²) >= 11 is 1.46. The van der Waals surface area contributed by atoms with Crippen molar-refractivity contribution in [2.75, 3.05) is 46.1 Å². The average molecular weight is 840 g/mol. The zero-order valence-electron chi connectivity index (χ0n) is 34.1. The Morgan fingerprint density at radius 3 is 2.30 bits per heavy atom. The van der Waals surface area contributed by atoms with E-state index in [0.29, 0.717) is 68.4 Å². The number of nitrogens with one attached hydrogen (secondary N) is 2. The summed E-state index contributed by atoms with van der Waals surface area (Å²) in [6.07, 6.45) is 11.3. The van der Waals surface area contributed by atoms with E-state index in [0.717, 1.165) is 33.9 Å². The molecule has 0 unspecified atom stereocenters. The Labute approximate surface area is 354 Å². The number of aromatic carboxylic acids is 1. The van der Waals surface area contributed by atoms with E-state index in [-0.39, 0.29) is 54.5 Å². The van der Waals surface area contributed by atoms with Gasteiger partial charge in [-0.25, -0.2) is 14.2 Å². The number of amides is 1. The molecule has 4 saturated carbocycles. The quantitative estimate of drug-likeness (QED) is 0.0747. The molecule has 11 nitrogen and oxygen atoms in total. The number of aromatic nitrogens is 1. The molecule has 0 spiro atoms. The molecule has 4 aromatic rings. The number of carboxylic acid groups (broad SMARTS) is 1. The van der Waals surface area contributed by atoms with Crippen LogP contribution < -0.4 is 20.1 Å². The molecule has 0 radical (unpaired) electrons. The van der Waals surface area contributed by atoms with Crippen LogP contribution in [0.5, 0.6) is 17.2 Å². The first-order chi connectivity index (χ1) is 29.0. The summed E-state index contributed by atoms with van der Waals surface area (Å²) < 4.78 is 39.7. The van der Waals surface area contributed by atoms with Crippen LogP contribution >= 0.6 is 11.3 Å². The van der Waals surface area contributed by atoms with Gasteiger partial charge in [0.05, 0.1) is 43.4 Å². The molecule has 4 fully saturated rings. The predicted molar refractivity (Wildman–Crippen MR) is 225 cm³/mol. The number of hydrogen-bond acceptors (Lipinski definition) is 10. The highest BCUT2D eigenvalue weighted by Gasteiger charge is 2.51. The van der Waals surface area contributed by atoms with Crippen LogP contribution in [0.4, 0.5) is 4.39 Å². The number of benzene rings is 3. The van der Waals surface area contributed by atoms with Crippen molar-refractivity contribution < 1.29 is 42.8 Å². The predicted octanol–water partition coefficient (Wildman–Crippen LogP) is 8.14. The second-order valence-corrected chi connectivity index (χ2v) is 18.4. The van der Waals surface area contributed by atoms with Crippen molar-refractivity contribution in [3.8, 4) is 28.4 Å². The van der Waals surface area contributed by atoms with E-state index in [1.54, 1.807) is 30.5 Å². The second kappa shape index (κ2) is 18.5. The number of nitrogens with zero attached hydrogens (tertiary/aromatic N) is 1. The summed E-state index contributed by atoms with van der Waals surface area (Å²) in [5.41, 5.74) is 2.41. The molecule has 2 heterocycles. The van der Waals surface area contributed by atoms with E-state index in [1.807, 2.05) is 24.4 Å². The number of rotatable bonds is 20. The highest BCUT2D eigenvalue weighted by molar-refractivity contribution is 7.09. The van der Waals surface area contributed by atoms with Gasteiger partial charge in [0.15, 0.2) is 11.5 Å². The van der Waals surface area contributed by atoms with Gasteiger partial charge in [-0.1, -0.05) is 12.1 Å². The van der Waals surface area contributed by atoms with Crippen LogP contribution in [0.3, 0.4) is 0 Å². The Morgan fingerprint density at radius 1 is 0.900 bits per heavy atom. The largest absolute Gasteiger partial charge is 0.487 e. The first-order valence-corrected chi connectivity index (χ1v) is 22.1. The number of Topliss-reactive ketones (excluding diaryl/α,β-unsaturated/α-hetero) is 1. The Bertz CT molecular complexity index is 2130. The minimum absolute atomic E-state index is 0.0583. The molecule has 9 rings (SSSR count). The van der Waals surface area contributed by atoms with Gasteiger partial charge in [0, 0.05) is 54.7 Å². The lowest BCUT2D eigenvalue weighted by Crippen LogP contribution is -2.48. The van der Waals surface area contributed by atoms with E-state index < -0.39 is 17.3 Å². The Kier molecular flexibility index (Phi) is 13.0. The van der Waals surface area contributed by atoms with Gasteiger partial charge in [-0.05, 0) is 128 Å². The van der Waals surface area contributed by atoms with E-state index in [1.165, 1.54) is 68.1 Å². The molecule has 60 heavy (non-hydrogen) atoms. The number of carbonyl (C=O) groups excluding carboxylic acids is 2. The van der Waals surface area contributed by atoms with E-state index in [4.69, 9.17) is 18.9 Å². The molecule has 4 aliphatic carbocycles. The highest BCUT2D eigenvalue weighted by atomic mass is 32.1.